The predicted molar refractivity (Wildman–Crippen MR) is 103 cm³/mol. The molecule has 0 bridgehead atoms. The Morgan fingerprint density at radius 3 is 2.35 bits per heavy atom. The SMILES string of the molecule is CS(=O)(=O)c1ccc([C@H]2CC[C@H](OCC3CCNCC3)CC2)c(F)c1.Cl. The van der Waals surface area contributed by atoms with E-state index in [0.717, 1.165) is 57.7 Å². The van der Waals surface area contributed by atoms with Crippen molar-refractivity contribution < 1.29 is 17.5 Å². The summed E-state index contributed by atoms with van der Waals surface area (Å²) in [5, 5.41) is 3.37. The van der Waals surface area contributed by atoms with Crippen molar-refractivity contribution >= 4 is 22.2 Å². The highest BCUT2D eigenvalue weighted by atomic mass is 35.5. The van der Waals surface area contributed by atoms with Crippen molar-refractivity contribution in [2.75, 3.05) is 26.0 Å². The number of benzene rings is 1. The fraction of sp³-hybridized carbons (Fsp3) is 0.684. The molecule has 0 amide bonds. The molecule has 2 fully saturated rings. The molecule has 1 aliphatic heterocycles. The van der Waals surface area contributed by atoms with E-state index in [0.29, 0.717) is 11.5 Å². The molecule has 2 aliphatic rings. The van der Waals surface area contributed by atoms with Gasteiger partial charge >= 0.3 is 0 Å². The smallest absolute Gasteiger partial charge is 0.175 e. The third-order valence-corrected chi connectivity index (χ3v) is 6.65. The van der Waals surface area contributed by atoms with E-state index >= 15 is 0 Å². The van der Waals surface area contributed by atoms with Crippen LogP contribution in [0, 0.1) is 11.7 Å². The minimum atomic E-state index is -3.36. The van der Waals surface area contributed by atoms with E-state index in [2.05, 4.69) is 5.32 Å². The van der Waals surface area contributed by atoms with E-state index in [-0.39, 0.29) is 29.3 Å². The monoisotopic (exact) mass is 405 g/mol. The van der Waals surface area contributed by atoms with Crippen LogP contribution >= 0.6 is 12.4 Å². The van der Waals surface area contributed by atoms with Gasteiger partial charge in [0.05, 0.1) is 11.0 Å². The largest absolute Gasteiger partial charge is 0.378 e. The molecule has 1 N–H and O–H groups in total. The van der Waals surface area contributed by atoms with E-state index in [1.54, 1.807) is 6.07 Å². The summed E-state index contributed by atoms with van der Waals surface area (Å²) >= 11 is 0. The summed E-state index contributed by atoms with van der Waals surface area (Å²) in [5.41, 5.74) is 0.643. The molecule has 1 aromatic carbocycles. The standard InChI is InChI=1S/C19H28FNO3S.ClH/c1-25(22,23)17-6-7-18(19(20)12-17)15-2-4-16(5-3-15)24-13-14-8-10-21-11-9-14;/h6-7,12,14-16,21H,2-5,8-11,13H2,1H3;1H/t15-,16-;. The number of hydrogen-bond donors (Lipinski definition) is 1. The zero-order valence-corrected chi connectivity index (χ0v) is 16.9. The Morgan fingerprint density at radius 2 is 1.77 bits per heavy atom. The second kappa shape index (κ2) is 9.49. The zero-order chi connectivity index (χ0) is 17.9. The third kappa shape index (κ3) is 5.65. The van der Waals surface area contributed by atoms with Gasteiger partial charge in [-0.3, -0.25) is 0 Å². The van der Waals surface area contributed by atoms with Gasteiger partial charge in [-0.1, -0.05) is 6.07 Å². The van der Waals surface area contributed by atoms with Crippen LogP contribution in [0.1, 0.15) is 50.0 Å². The first-order chi connectivity index (χ1) is 11.9. The summed E-state index contributed by atoms with van der Waals surface area (Å²) < 4.78 is 43.5. The summed E-state index contributed by atoms with van der Waals surface area (Å²) in [6, 6.07) is 4.32. The van der Waals surface area contributed by atoms with Gasteiger partial charge in [-0.15, -0.1) is 12.4 Å². The highest BCUT2D eigenvalue weighted by Crippen LogP contribution is 2.36. The molecular formula is C19H29ClFNO3S. The van der Waals surface area contributed by atoms with E-state index < -0.39 is 15.7 Å². The van der Waals surface area contributed by atoms with Crippen molar-refractivity contribution in [2.24, 2.45) is 5.92 Å². The molecular weight excluding hydrogens is 377 g/mol. The lowest BCUT2D eigenvalue weighted by Gasteiger charge is -2.31. The van der Waals surface area contributed by atoms with E-state index in [4.69, 9.17) is 4.74 Å². The Balaban J connectivity index is 0.00000243. The molecule has 1 aromatic rings. The van der Waals surface area contributed by atoms with Gasteiger partial charge in [-0.05, 0) is 81.1 Å². The van der Waals surface area contributed by atoms with E-state index in [1.807, 2.05) is 0 Å². The van der Waals surface area contributed by atoms with Crippen molar-refractivity contribution in [3.05, 3.63) is 29.6 Å². The number of sulfone groups is 1. The molecule has 7 heteroatoms. The molecule has 4 nitrogen and oxygen atoms in total. The Kier molecular flexibility index (Phi) is 7.89. The summed E-state index contributed by atoms with van der Waals surface area (Å²) in [6.45, 7) is 3.02. The summed E-state index contributed by atoms with van der Waals surface area (Å²) in [6.07, 6.45) is 7.45. The molecule has 148 valence electrons. The average Bonchev–Trinajstić information content (AvgIpc) is 2.60. The Bertz CT molecular complexity index is 684. The first kappa shape index (κ1) is 21.6. The molecule has 0 aromatic heterocycles. The van der Waals surface area contributed by atoms with Crippen molar-refractivity contribution in [1.29, 1.82) is 0 Å². The first-order valence-corrected chi connectivity index (χ1v) is 11.1. The molecule has 0 spiro atoms. The normalized spacial score (nSPS) is 24.8. The minimum absolute atomic E-state index is 0. The van der Waals surface area contributed by atoms with Crippen molar-refractivity contribution in [3.63, 3.8) is 0 Å². The van der Waals surface area contributed by atoms with Gasteiger partial charge in [0.15, 0.2) is 9.84 Å². The lowest BCUT2D eigenvalue weighted by Crippen LogP contribution is -2.31. The molecule has 3 rings (SSSR count). The lowest BCUT2D eigenvalue weighted by atomic mass is 9.82. The van der Waals surface area contributed by atoms with Gasteiger partial charge in [0, 0.05) is 12.9 Å². The summed E-state index contributed by atoms with van der Waals surface area (Å²) in [4.78, 5) is 0.0488. The Hall–Kier alpha value is -0.690. The van der Waals surface area contributed by atoms with E-state index in [9.17, 15) is 12.8 Å². The van der Waals surface area contributed by atoms with Crippen LogP contribution in [0.15, 0.2) is 23.1 Å². The highest BCUT2D eigenvalue weighted by molar-refractivity contribution is 7.90. The third-order valence-electron chi connectivity index (χ3n) is 5.54. The van der Waals surface area contributed by atoms with Gasteiger partial charge in [0.1, 0.15) is 5.82 Å². The second-order valence-electron chi connectivity index (χ2n) is 7.46. The molecule has 1 aliphatic carbocycles. The topological polar surface area (TPSA) is 55.4 Å². The van der Waals surface area contributed by atoms with Crippen LogP contribution in [0.25, 0.3) is 0 Å². The second-order valence-corrected chi connectivity index (χ2v) is 9.47. The van der Waals surface area contributed by atoms with Gasteiger partial charge in [0.2, 0.25) is 0 Å². The zero-order valence-electron chi connectivity index (χ0n) is 15.2. The molecule has 26 heavy (non-hydrogen) atoms. The fourth-order valence-corrected chi connectivity index (χ4v) is 4.56. The Morgan fingerprint density at radius 1 is 1.12 bits per heavy atom. The number of rotatable bonds is 5. The summed E-state index contributed by atoms with van der Waals surface area (Å²) in [7, 11) is -3.36. The maximum atomic E-state index is 14.4. The van der Waals surface area contributed by atoms with Gasteiger partial charge in [-0.25, -0.2) is 12.8 Å². The van der Waals surface area contributed by atoms with Crippen LogP contribution in [0.4, 0.5) is 4.39 Å². The number of piperidine rings is 1. The van der Waals surface area contributed by atoms with E-state index in [1.165, 1.54) is 18.9 Å². The molecule has 0 radical (unpaired) electrons. The molecule has 0 atom stereocenters. The minimum Gasteiger partial charge on any atom is -0.378 e. The van der Waals surface area contributed by atoms with Crippen LogP contribution in [0.3, 0.4) is 0 Å². The number of ether oxygens (including phenoxy) is 1. The average molecular weight is 406 g/mol. The molecule has 1 saturated heterocycles. The molecule has 1 saturated carbocycles. The highest BCUT2D eigenvalue weighted by Gasteiger charge is 2.26. The maximum Gasteiger partial charge on any atom is 0.175 e. The van der Waals surface area contributed by atoms with Gasteiger partial charge in [-0.2, -0.15) is 0 Å². The van der Waals surface area contributed by atoms with Crippen molar-refractivity contribution in [2.45, 2.75) is 55.4 Å². The summed E-state index contributed by atoms with van der Waals surface area (Å²) in [5.74, 6) is 0.425. The van der Waals surface area contributed by atoms with Gasteiger partial charge in [0.25, 0.3) is 0 Å². The first-order valence-electron chi connectivity index (χ1n) is 9.25. The van der Waals surface area contributed by atoms with Gasteiger partial charge < -0.3 is 10.1 Å². The van der Waals surface area contributed by atoms with Crippen LogP contribution in [-0.2, 0) is 14.6 Å². The van der Waals surface area contributed by atoms with Crippen molar-refractivity contribution in [3.8, 4) is 0 Å². The maximum absolute atomic E-state index is 14.4. The van der Waals surface area contributed by atoms with Crippen LogP contribution in [0.5, 0.6) is 0 Å². The number of hydrogen-bond acceptors (Lipinski definition) is 4. The number of halogens is 2. The lowest BCUT2D eigenvalue weighted by molar-refractivity contribution is -0.000620. The molecule has 0 unspecified atom stereocenters. The fourth-order valence-electron chi connectivity index (χ4n) is 3.93. The molecule has 1 heterocycles. The van der Waals surface area contributed by atoms with Crippen LogP contribution in [0.2, 0.25) is 0 Å². The van der Waals surface area contributed by atoms with Crippen LogP contribution < -0.4 is 5.32 Å². The number of nitrogens with one attached hydrogen (secondary N) is 1. The van der Waals surface area contributed by atoms with Crippen LogP contribution in [-0.4, -0.2) is 40.5 Å². The van der Waals surface area contributed by atoms with Crippen molar-refractivity contribution in [1.82, 2.24) is 5.32 Å². The Labute approximate surface area is 162 Å². The quantitative estimate of drug-likeness (QED) is 0.811. The predicted octanol–water partition coefficient (Wildman–Crippen LogP) is 3.69.